The predicted octanol–water partition coefficient (Wildman–Crippen LogP) is 7.11. The van der Waals surface area contributed by atoms with Crippen LogP contribution in [0.1, 0.15) is 117 Å². The van der Waals surface area contributed by atoms with Crippen LogP contribution < -0.4 is 11.1 Å². The average Bonchev–Trinajstić information content (AvgIpc) is 3.81. The predicted molar refractivity (Wildman–Crippen MR) is 166 cm³/mol. The minimum absolute atomic E-state index is 0. The minimum atomic E-state index is -0.493. The number of carbonyl (C=O) groups excluding carboxylic acids is 1. The molecule has 0 spiro atoms. The summed E-state index contributed by atoms with van der Waals surface area (Å²) in [6.07, 6.45) is 8.19. The van der Waals surface area contributed by atoms with E-state index in [0.29, 0.717) is 23.6 Å². The highest BCUT2D eigenvalue weighted by molar-refractivity contribution is 5.85. The molecular weight excluding hydrogens is 580 g/mol. The second kappa shape index (κ2) is 12.0. The van der Waals surface area contributed by atoms with E-state index in [1.807, 2.05) is 39.0 Å². The Hall–Kier alpha value is -3.76. The molecule has 44 heavy (non-hydrogen) atoms. The maximum absolute atomic E-state index is 12.0. The molecule has 0 bridgehead atoms. The number of carbonyl (C=O) groups is 1. The van der Waals surface area contributed by atoms with Gasteiger partial charge in [0.15, 0.2) is 11.6 Å². The fourth-order valence-electron chi connectivity index (χ4n) is 5.85. The van der Waals surface area contributed by atoms with Gasteiger partial charge in [0.2, 0.25) is 0 Å². The molecule has 0 unspecified atom stereocenters. The first kappa shape index (κ1) is 30.3. The zero-order valence-electron chi connectivity index (χ0n) is 25.3. The number of aromatic nitrogens is 4. The van der Waals surface area contributed by atoms with Crippen LogP contribution in [0.25, 0.3) is 22.9 Å². The Kier molecular flexibility index (Phi) is 8.24. The summed E-state index contributed by atoms with van der Waals surface area (Å²) in [6, 6.07) is 12.6. The standard InChI is InChI=1S/C19H23N3O3.C14H15N3O.ClH/c1-19(2,3)24-18(23)20-15-9-7-12-10-13(6-8-14(12)15)17-21-16(22-25-17)11-4-5-11;15-12-6-4-9-7-10(3-5-11(9)12)14-16-13(17-18-14)8-1-2-8;/h6,8,10-11,15H,4-5,7,9H2,1-3H3,(H,20,23);3,5,7-8,12H,1-2,4,6,15H2;1H/t15-;12-;/m11./s1. The highest BCUT2D eigenvalue weighted by Crippen LogP contribution is 2.41. The van der Waals surface area contributed by atoms with Crippen molar-refractivity contribution in [2.24, 2.45) is 5.73 Å². The number of nitrogens with one attached hydrogen (secondary N) is 1. The number of benzene rings is 2. The van der Waals surface area contributed by atoms with Crippen LogP contribution in [0.2, 0.25) is 0 Å². The van der Waals surface area contributed by atoms with E-state index in [1.165, 1.54) is 29.5 Å². The third-order valence-corrected chi connectivity index (χ3v) is 8.44. The third kappa shape index (κ3) is 6.66. The monoisotopic (exact) mass is 618 g/mol. The zero-order valence-corrected chi connectivity index (χ0v) is 26.2. The first-order valence-electron chi connectivity index (χ1n) is 15.4. The Morgan fingerprint density at radius 3 is 1.89 bits per heavy atom. The third-order valence-electron chi connectivity index (χ3n) is 8.44. The van der Waals surface area contributed by atoms with E-state index in [0.717, 1.165) is 66.9 Å². The number of ether oxygens (including phenoxy) is 1. The topological polar surface area (TPSA) is 142 Å². The second-order valence-corrected chi connectivity index (χ2v) is 13.2. The Balaban J connectivity index is 0.000000160. The molecule has 4 aromatic rings. The Morgan fingerprint density at radius 2 is 1.34 bits per heavy atom. The molecule has 2 aromatic carbocycles. The highest BCUT2D eigenvalue weighted by atomic mass is 35.5. The van der Waals surface area contributed by atoms with Crippen molar-refractivity contribution in [3.63, 3.8) is 0 Å². The molecule has 11 heteroatoms. The lowest BCUT2D eigenvalue weighted by Gasteiger charge is -2.22. The molecule has 10 nitrogen and oxygen atoms in total. The van der Waals surface area contributed by atoms with E-state index < -0.39 is 5.60 Å². The molecule has 3 N–H and O–H groups in total. The molecule has 2 fully saturated rings. The highest BCUT2D eigenvalue weighted by Gasteiger charge is 2.31. The van der Waals surface area contributed by atoms with Gasteiger partial charge in [-0.1, -0.05) is 22.4 Å². The van der Waals surface area contributed by atoms with Crippen molar-refractivity contribution in [2.45, 2.75) is 102 Å². The number of hydrogen-bond acceptors (Lipinski definition) is 9. The Labute approximate surface area is 262 Å². The van der Waals surface area contributed by atoms with Gasteiger partial charge in [-0.05, 0) is 119 Å². The molecule has 0 radical (unpaired) electrons. The van der Waals surface area contributed by atoms with Gasteiger partial charge in [-0.15, -0.1) is 12.4 Å². The lowest BCUT2D eigenvalue weighted by atomic mass is 10.0. The van der Waals surface area contributed by atoms with Crippen molar-refractivity contribution in [3.8, 4) is 22.9 Å². The van der Waals surface area contributed by atoms with E-state index in [2.05, 4.69) is 43.8 Å². The maximum Gasteiger partial charge on any atom is 0.408 e. The number of aryl methyl sites for hydroxylation is 2. The lowest BCUT2D eigenvalue weighted by Crippen LogP contribution is -2.34. The zero-order chi connectivity index (χ0) is 29.7. The number of amides is 1. The van der Waals surface area contributed by atoms with E-state index in [9.17, 15) is 4.79 Å². The van der Waals surface area contributed by atoms with E-state index in [1.54, 1.807) is 0 Å². The summed E-state index contributed by atoms with van der Waals surface area (Å²) in [5.41, 5.74) is 12.4. The van der Waals surface area contributed by atoms with Crippen LogP contribution in [-0.2, 0) is 17.6 Å². The van der Waals surface area contributed by atoms with E-state index in [-0.39, 0.29) is 30.6 Å². The Bertz CT molecular complexity index is 1650. The molecule has 8 rings (SSSR count). The van der Waals surface area contributed by atoms with Gasteiger partial charge in [-0.2, -0.15) is 9.97 Å². The van der Waals surface area contributed by atoms with Crippen molar-refractivity contribution < 1.29 is 18.6 Å². The SMILES string of the molecule is CC(C)(C)OC(=O)N[C@@H]1CCc2cc(-c3nc(C4CC4)no3)ccc21.Cl.N[C@@H]1CCc2cc(-c3nc(C4CC4)no3)ccc21. The molecule has 2 saturated carbocycles. The van der Waals surface area contributed by atoms with Crippen LogP contribution in [-0.4, -0.2) is 32.0 Å². The summed E-state index contributed by atoms with van der Waals surface area (Å²) in [7, 11) is 0. The van der Waals surface area contributed by atoms with Crippen LogP contribution in [0.4, 0.5) is 4.79 Å². The van der Waals surface area contributed by atoms with Crippen LogP contribution in [0.15, 0.2) is 45.4 Å². The largest absolute Gasteiger partial charge is 0.444 e. The number of nitrogens with zero attached hydrogens (tertiary/aromatic N) is 4. The van der Waals surface area contributed by atoms with Crippen LogP contribution >= 0.6 is 12.4 Å². The van der Waals surface area contributed by atoms with Gasteiger partial charge in [0.1, 0.15) is 5.60 Å². The molecule has 2 heterocycles. The van der Waals surface area contributed by atoms with Crippen molar-refractivity contribution in [1.29, 1.82) is 0 Å². The van der Waals surface area contributed by atoms with Gasteiger partial charge in [0.25, 0.3) is 11.8 Å². The smallest absolute Gasteiger partial charge is 0.408 e. The van der Waals surface area contributed by atoms with Crippen LogP contribution in [0.5, 0.6) is 0 Å². The minimum Gasteiger partial charge on any atom is -0.444 e. The number of nitrogens with two attached hydrogens (primary N) is 1. The van der Waals surface area contributed by atoms with Crippen molar-refractivity contribution >= 4 is 18.5 Å². The molecule has 4 aliphatic rings. The average molecular weight is 619 g/mol. The van der Waals surface area contributed by atoms with E-state index >= 15 is 0 Å². The second-order valence-electron chi connectivity index (χ2n) is 13.2. The molecule has 2 atom stereocenters. The first-order valence-corrected chi connectivity index (χ1v) is 15.4. The van der Waals surface area contributed by atoms with Gasteiger partial charge in [0, 0.05) is 29.0 Å². The maximum atomic E-state index is 12.0. The molecule has 1 amide bonds. The summed E-state index contributed by atoms with van der Waals surface area (Å²) in [5, 5.41) is 11.1. The summed E-state index contributed by atoms with van der Waals surface area (Å²) < 4.78 is 16.1. The van der Waals surface area contributed by atoms with Crippen molar-refractivity contribution in [1.82, 2.24) is 25.6 Å². The van der Waals surface area contributed by atoms with Gasteiger partial charge >= 0.3 is 6.09 Å². The van der Waals surface area contributed by atoms with E-state index in [4.69, 9.17) is 19.5 Å². The molecule has 0 saturated heterocycles. The molecular formula is C33H39ClN6O4. The van der Waals surface area contributed by atoms with Gasteiger partial charge < -0.3 is 24.8 Å². The summed E-state index contributed by atoms with van der Waals surface area (Å²) in [4.78, 5) is 21.0. The summed E-state index contributed by atoms with van der Waals surface area (Å²) in [6.45, 7) is 5.59. The lowest BCUT2D eigenvalue weighted by molar-refractivity contribution is 0.0503. The van der Waals surface area contributed by atoms with Gasteiger partial charge in [-0.25, -0.2) is 4.79 Å². The van der Waals surface area contributed by atoms with Crippen molar-refractivity contribution in [2.75, 3.05) is 0 Å². The Morgan fingerprint density at radius 1 is 0.818 bits per heavy atom. The number of halogens is 1. The van der Waals surface area contributed by atoms with Gasteiger partial charge in [-0.3, -0.25) is 0 Å². The fourth-order valence-corrected chi connectivity index (χ4v) is 5.85. The molecule has 0 aliphatic heterocycles. The van der Waals surface area contributed by atoms with Crippen LogP contribution in [0, 0.1) is 0 Å². The summed E-state index contributed by atoms with van der Waals surface area (Å²) >= 11 is 0. The molecule has 4 aliphatic carbocycles. The van der Waals surface area contributed by atoms with Crippen molar-refractivity contribution in [3.05, 3.63) is 70.3 Å². The molecule has 2 aromatic heterocycles. The number of alkyl carbamates (subject to hydrolysis) is 1. The molecule has 232 valence electrons. The van der Waals surface area contributed by atoms with Gasteiger partial charge in [0.05, 0.1) is 6.04 Å². The fraction of sp³-hybridized carbons (Fsp3) is 0.485. The normalized spacial score (nSPS) is 20.2. The number of hydrogen-bond donors (Lipinski definition) is 2. The first-order chi connectivity index (χ1) is 20.7. The number of rotatable bonds is 5. The summed E-state index contributed by atoms with van der Waals surface area (Å²) in [5.74, 6) is 3.91. The quantitative estimate of drug-likeness (QED) is 0.239. The number of fused-ring (bicyclic) bond motifs is 2. The van der Waals surface area contributed by atoms with Crippen LogP contribution in [0.3, 0.4) is 0 Å².